The molecule has 3 aromatic heterocycles. The van der Waals surface area contributed by atoms with E-state index in [4.69, 9.17) is 4.98 Å². The van der Waals surface area contributed by atoms with Crippen molar-refractivity contribution in [3.8, 4) is 16.3 Å². The summed E-state index contributed by atoms with van der Waals surface area (Å²) in [5.41, 5.74) is 1.59. The summed E-state index contributed by atoms with van der Waals surface area (Å²) in [6.07, 6.45) is 4.38. The number of hydrogen-bond acceptors (Lipinski definition) is 6. The fraction of sp³-hybridized carbons (Fsp3) is 0.333. The fourth-order valence-corrected chi connectivity index (χ4v) is 5.95. The molecule has 0 saturated carbocycles. The van der Waals surface area contributed by atoms with Gasteiger partial charge in [0, 0.05) is 29.6 Å². The van der Waals surface area contributed by atoms with Crippen molar-refractivity contribution in [1.29, 1.82) is 0 Å². The Morgan fingerprint density at radius 3 is 2.84 bits per heavy atom. The Morgan fingerprint density at radius 1 is 1.20 bits per heavy atom. The third-order valence-corrected chi connectivity index (χ3v) is 7.17. The Balaban J connectivity index is 1.54. The van der Waals surface area contributed by atoms with E-state index in [-0.39, 0.29) is 5.75 Å². The van der Waals surface area contributed by atoms with E-state index < -0.39 is 0 Å². The van der Waals surface area contributed by atoms with Crippen LogP contribution in [0.15, 0.2) is 24.4 Å². The summed E-state index contributed by atoms with van der Waals surface area (Å²) in [5, 5.41) is 20.1. The van der Waals surface area contributed by atoms with Gasteiger partial charge in [0.05, 0.1) is 15.8 Å². The van der Waals surface area contributed by atoms with Crippen LogP contribution in [0.25, 0.3) is 31.0 Å². The maximum atomic E-state index is 10.4. The van der Waals surface area contributed by atoms with Gasteiger partial charge in [0.25, 0.3) is 0 Å². The van der Waals surface area contributed by atoms with Gasteiger partial charge < -0.3 is 10.4 Å². The minimum Gasteiger partial charge on any atom is -0.507 e. The smallest absolute Gasteiger partial charge is 0.135 e. The number of aryl methyl sites for hydroxylation is 1. The van der Waals surface area contributed by atoms with Crippen LogP contribution in [0.3, 0.4) is 0 Å². The van der Waals surface area contributed by atoms with E-state index in [0.717, 1.165) is 39.4 Å². The molecule has 4 heterocycles. The summed E-state index contributed by atoms with van der Waals surface area (Å²) in [5.74, 6) is 0.905. The van der Waals surface area contributed by atoms with Gasteiger partial charge in [-0.3, -0.25) is 4.68 Å². The highest BCUT2D eigenvalue weighted by molar-refractivity contribution is 7.28. The lowest BCUT2D eigenvalue weighted by atomic mass is 9.97. The van der Waals surface area contributed by atoms with Crippen LogP contribution in [0.2, 0.25) is 0 Å². The van der Waals surface area contributed by atoms with Crippen molar-refractivity contribution in [2.45, 2.75) is 18.8 Å². The number of phenols is 1. The van der Waals surface area contributed by atoms with Gasteiger partial charge in [-0.05, 0) is 44.0 Å². The van der Waals surface area contributed by atoms with Crippen molar-refractivity contribution in [3.63, 3.8) is 0 Å². The van der Waals surface area contributed by atoms with Crippen molar-refractivity contribution in [1.82, 2.24) is 20.1 Å². The molecule has 1 fully saturated rings. The summed E-state index contributed by atoms with van der Waals surface area (Å²) in [4.78, 5) is 7.34. The number of aromatic nitrogens is 3. The second-order valence-electron chi connectivity index (χ2n) is 6.59. The number of aromatic hydroxyl groups is 1. The second kappa shape index (κ2) is 5.79. The summed E-state index contributed by atoms with van der Waals surface area (Å²) in [6, 6.07) is 6.01. The molecule has 0 radical (unpaired) electrons. The predicted molar refractivity (Wildman–Crippen MR) is 104 cm³/mol. The fourth-order valence-electron chi connectivity index (χ4n) is 3.53. The molecule has 5 nitrogen and oxygen atoms in total. The number of benzene rings is 1. The first kappa shape index (κ1) is 15.3. The topological polar surface area (TPSA) is 63.0 Å². The van der Waals surface area contributed by atoms with Gasteiger partial charge in [-0.25, -0.2) is 4.98 Å². The summed E-state index contributed by atoms with van der Waals surface area (Å²) in [7, 11) is 1.89. The van der Waals surface area contributed by atoms with Crippen LogP contribution in [0.5, 0.6) is 5.75 Å². The molecule has 0 amide bonds. The number of hydrogen-bond donors (Lipinski definition) is 2. The molecule has 7 heteroatoms. The number of piperidine rings is 1. The second-order valence-corrected chi connectivity index (χ2v) is 8.69. The van der Waals surface area contributed by atoms with E-state index in [1.807, 2.05) is 19.3 Å². The van der Waals surface area contributed by atoms with E-state index in [1.54, 1.807) is 33.4 Å². The SMILES string of the molecule is Cn1cc2cc(-c3nc4sc(C5CCNCC5)cc4s3)c(O)cc2n1. The summed E-state index contributed by atoms with van der Waals surface area (Å²) in [6.45, 7) is 2.21. The molecule has 128 valence electrons. The van der Waals surface area contributed by atoms with Gasteiger partial charge >= 0.3 is 0 Å². The maximum Gasteiger partial charge on any atom is 0.135 e. The lowest BCUT2D eigenvalue weighted by Gasteiger charge is -2.21. The van der Waals surface area contributed by atoms with Crippen LogP contribution in [0.4, 0.5) is 0 Å². The number of nitrogens with zero attached hydrogens (tertiary/aromatic N) is 3. The molecule has 25 heavy (non-hydrogen) atoms. The molecular weight excluding hydrogens is 352 g/mol. The highest BCUT2D eigenvalue weighted by Crippen LogP contribution is 2.42. The zero-order valence-electron chi connectivity index (χ0n) is 13.8. The highest BCUT2D eigenvalue weighted by atomic mass is 32.1. The minimum atomic E-state index is 0.242. The van der Waals surface area contributed by atoms with Gasteiger partial charge in [0.1, 0.15) is 15.6 Å². The minimum absolute atomic E-state index is 0.242. The van der Waals surface area contributed by atoms with Crippen molar-refractivity contribution < 1.29 is 5.11 Å². The molecule has 0 aliphatic carbocycles. The van der Waals surface area contributed by atoms with Gasteiger partial charge in [-0.1, -0.05) is 0 Å². The summed E-state index contributed by atoms with van der Waals surface area (Å²) < 4.78 is 2.99. The molecule has 0 unspecified atom stereocenters. The molecule has 2 N–H and O–H groups in total. The van der Waals surface area contributed by atoms with Crippen LogP contribution in [-0.2, 0) is 7.05 Å². The number of thiazole rings is 1. The van der Waals surface area contributed by atoms with Crippen molar-refractivity contribution in [2.75, 3.05) is 13.1 Å². The van der Waals surface area contributed by atoms with Crippen molar-refractivity contribution in [3.05, 3.63) is 29.3 Å². The molecule has 4 aromatic rings. The third-order valence-electron chi connectivity index (χ3n) is 4.82. The van der Waals surface area contributed by atoms with Crippen molar-refractivity contribution >= 4 is 43.1 Å². The molecule has 1 saturated heterocycles. The average molecular weight is 371 g/mol. The lowest BCUT2D eigenvalue weighted by Crippen LogP contribution is -2.26. The molecule has 1 aliphatic rings. The maximum absolute atomic E-state index is 10.4. The Morgan fingerprint density at radius 2 is 2.04 bits per heavy atom. The van der Waals surface area contributed by atoms with Crippen LogP contribution < -0.4 is 5.32 Å². The van der Waals surface area contributed by atoms with E-state index in [9.17, 15) is 5.11 Å². The monoisotopic (exact) mass is 370 g/mol. The van der Waals surface area contributed by atoms with E-state index in [1.165, 1.54) is 22.4 Å². The van der Waals surface area contributed by atoms with Crippen LogP contribution in [0.1, 0.15) is 23.6 Å². The van der Waals surface area contributed by atoms with E-state index >= 15 is 0 Å². The number of rotatable bonds is 2. The van der Waals surface area contributed by atoms with Crippen molar-refractivity contribution in [2.24, 2.45) is 7.05 Å². The zero-order valence-corrected chi connectivity index (χ0v) is 15.5. The van der Waals surface area contributed by atoms with Crippen LogP contribution in [0, 0.1) is 0 Å². The zero-order chi connectivity index (χ0) is 17.0. The van der Waals surface area contributed by atoms with Gasteiger partial charge in [-0.15, -0.1) is 22.7 Å². The molecule has 0 atom stereocenters. The Bertz CT molecular complexity index is 1040. The molecular formula is C18H18N4OS2. The average Bonchev–Trinajstić information content (AvgIpc) is 3.26. The number of nitrogens with one attached hydrogen (secondary N) is 1. The molecule has 0 bridgehead atoms. The Kier molecular flexibility index (Phi) is 3.55. The van der Waals surface area contributed by atoms with Gasteiger partial charge in [0.2, 0.25) is 0 Å². The first-order valence-corrected chi connectivity index (χ1v) is 10.1. The normalized spacial score (nSPS) is 16.2. The first-order valence-electron chi connectivity index (χ1n) is 8.45. The molecule has 5 rings (SSSR count). The van der Waals surface area contributed by atoms with E-state index in [2.05, 4.69) is 16.5 Å². The lowest BCUT2D eigenvalue weighted by molar-refractivity contribution is 0.465. The van der Waals surface area contributed by atoms with Crippen LogP contribution >= 0.6 is 22.7 Å². The largest absolute Gasteiger partial charge is 0.507 e. The molecule has 1 aliphatic heterocycles. The quantitative estimate of drug-likeness (QED) is 0.558. The van der Waals surface area contributed by atoms with E-state index in [0.29, 0.717) is 5.92 Å². The first-order chi connectivity index (χ1) is 12.2. The molecule has 0 spiro atoms. The number of phenolic OH excluding ortho intramolecular Hbond substituents is 1. The Hall–Kier alpha value is -1.96. The standard InChI is InChI=1S/C18H18N4OS2/c1-22-9-11-6-12(14(23)7-13(11)21-22)17-20-18-16(25-17)8-15(24-18)10-2-4-19-5-3-10/h6-10,19,23H,2-5H2,1H3. The third kappa shape index (κ3) is 2.63. The molecule has 1 aromatic carbocycles. The summed E-state index contributed by atoms with van der Waals surface area (Å²) >= 11 is 3.47. The predicted octanol–water partition coefficient (Wildman–Crippen LogP) is 4.08. The Labute approximate surface area is 152 Å². The van der Waals surface area contributed by atoms with Gasteiger partial charge in [0.15, 0.2) is 0 Å². The number of fused-ring (bicyclic) bond motifs is 2. The van der Waals surface area contributed by atoms with Crippen LogP contribution in [-0.4, -0.2) is 33.0 Å². The number of thiophene rings is 1. The highest BCUT2D eigenvalue weighted by Gasteiger charge is 2.20. The van der Waals surface area contributed by atoms with Gasteiger partial charge in [-0.2, -0.15) is 5.10 Å².